The first-order valence-electron chi connectivity index (χ1n) is 4.99. The normalized spacial score (nSPS) is 10.2. The van der Waals surface area contributed by atoms with Crippen LogP contribution in [0.2, 0.25) is 0 Å². The Bertz CT molecular complexity index is 565. The number of nitrogens with one attached hydrogen (secondary N) is 1. The maximum absolute atomic E-state index is 11.9. The molecule has 0 radical (unpaired) electrons. The van der Waals surface area contributed by atoms with Crippen LogP contribution in [-0.4, -0.2) is 5.91 Å². The van der Waals surface area contributed by atoms with E-state index in [1.54, 1.807) is 12.1 Å². The lowest BCUT2D eigenvalue weighted by molar-refractivity contribution is 0.103. The summed E-state index contributed by atoms with van der Waals surface area (Å²) in [6, 6.07) is 9.13. The van der Waals surface area contributed by atoms with Crippen molar-refractivity contribution in [1.29, 1.82) is 0 Å². The van der Waals surface area contributed by atoms with Crippen molar-refractivity contribution in [3.05, 3.63) is 45.2 Å². The van der Waals surface area contributed by atoms with Gasteiger partial charge in [-0.2, -0.15) is 0 Å². The Hall–Kier alpha value is -1.33. The van der Waals surface area contributed by atoms with Gasteiger partial charge in [-0.1, -0.05) is 15.9 Å². The summed E-state index contributed by atoms with van der Waals surface area (Å²) in [7, 11) is 0. The number of carbonyl (C=O) groups excluding carboxylic acids is 1. The number of aryl methyl sites for hydroxylation is 1. The van der Waals surface area contributed by atoms with Crippen LogP contribution in [0.3, 0.4) is 0 Å². The van der Waals surface area contributed by atoms with Crippen LogP contribution in [0.1, 0.15) is 15.2 Å². The Labute approximate surface area is 112 Å². The lowest BCUT2D eigenvalue weighted by Crippen LogP contribution is -2.10. The highest BCUT2D eigenvalue weighted by atomic mass is 79.9. The van der Waals surface area contributed by atoms with E-state index in [0.717, 1.165) is 15.7 Å². The number of amides is 1. The predicted octanol–water partition coefficient (Wildman–Crippen LogP) is 3.65. The summed E-state index contributed by atoms with van der Waals surface area (Å²) >= 11 is 4.70. The Morgan fingerprint density at radius 3 is 2.71 bits per heavy atom. The molecule has 0 atom stereocenters. The molecular weight excluding hydrogens is 300 g/mol. The Morgan fingerprint density at radius 2 is 2.12 bits per heavy atom. The molecule has 88 valence electrons. The van der Waals surface area contributed by atoms with Gasteiger partial charge in [0.2, 0.25) is 0 Å². The average Bonchev–Trinajstić information content (AvgIpc) is 2.70. The molecule has 0 unspecified atom stereocenters. The van der Waals surface area contributed by atoms with Crippen LogP contribution in [-0.2, 0) is 0 Å². The van der Waals surface area contributed by atoms with E-state index >= 15 is 0 Å². The fraction of sp³-hybridized carbons (Fsp3) is 0.0833. The van der Waals surface area contributed by atoms with Gasteiger partial charge in [0, 0.05) is 10.2 Å². The second kappa shape index (κ2) is 4.89. The van der Waals surface area contributed by atoms with Crippen LogP contribution in [0, 0.1) is 6.92 Å². The van der Waals surface area contributed by atoms with Crippen LogP contribution in [0.4, 0.5) is 10.7 Å². The maximum Gasteiger partial charge on any atom is 0.265 e. The van der Waals surface area contributed by atoms with Gasteiger partial charge < -0.3 is 11.1 Å². The van der Waals surface area contributed by atoms with Crippen molar-refractivity contribution < 1.29 is 4.79 Å². The van der Waals surface area contributed by atoms with E-state index in [1.807, 2.05) is 25.1 Å². The summed E-state index contributed by atoms with van der Waals surface area (Å²) in [6.07, 6.45) is 0. The summed E-state index contributed by atoms with van der Waals surface area (Å²) in [5.74, 6) is -0.131. The van der Waals surface area contributed by atoms with Gasteiger partial charge in [0.05, 0.1) is 9.88 Å². The number of hydrogen-bond donors (Lipinski definition) is 2. The topological polar surface area (TPSA) is 55.1 Å². The van der Waals surface area contributed by atoms with Crippen molar-refractivity contribution in [1.82, 2.24) is 0 Å². The molecule has 17 heavy (non-hydrogen) atoms. The molecule has 5 heteroatoms. The number of thiophene rings is 1. The molecule has 1 aromatic heterocycles. The van der Waals surface area contributed by atoms with E-state index in [9.17, 15) is 4.79 Å². The summed E-state index contributed by atoms with van der Waals surface area (Å²) in [5, 5.41) is 3.48. The highest BCUT2D eigenvalue weighted by Crippen LogP contribution is 2.22. The third kappa shape index (κ3) is 2.87. The maximum atomic E-state index is 11.9. The summed E-state index contributed by atoms with van der Waals surface area (Å²) in [6.45, 7) is 1.98. The monoisotopic (exact) mass is 310 g/mol. The Morgan fingerprint density at radius 1 is 1.35 bits per heavy atom. The van der Waals surface area contributed by atoms with Gasteiger partial charge in [-0.05, 0) is 42.8 Å². The van der Waals surface area contributed by atoms with Gasteiger partial charge in [0.15, 0.2) is 0 Å². The van der Waals surface area contributed by atoms with E-state index in [4.69, 9.17) is 5.73 Å². The van der Waals surface area contributed by atoms with E-state index in [1.165, 1.54) is 11.3 Å². The van der Waals surface area contributed by atoms with Crippen molar-refractivity contribution in [2.24, 2.45) is 0 Å². The van der Waals surface area contributed by atoms with E-state index in [0.29, 0.717) is 9.88 Å². The van der Waals surface area contributed by atoms with E-state index < -0.39 is 0 Å². The number of nitrogens with two attached hydrogens (primary N) is 1. The number of halogens is 1. The second-order valence-corrected chi connectivity index (χ2v) is 5.59. The Balaban J connectivity index is 2.15. The van der Waals surface area contributed by atoms with E-state index in [2.05, 4.69) is 21.2 Å². The molecule has 0 saturated heterocycles. The molecule has 0 bridgehead atoms. The van der Waals surface area contributed by atoms with Crippen molar-refractivity contribution >= 4 is 43.9 Å². The number of anilines is 2. The average molecular weight is 311 g/mol. The quantitative estimate of drug-likeness (QED) is 0.889. The van der Waals surface area contributed by atoms with E-state index in [-0.39, 0.29) is 5.91 Å². The minimum atomic E-state index is -0.131. The molecular formula is C12H11BrN2OS. The molecule has 2 rings (SSSR count). The highest BCUT2D eigenvalue weighted by molar-refractivity contribution is 9.10. The van der Waals surface area contributed by atoms with Crippen molar-refractivity contribution in [2.45, 2.75) is 6.92 Å². The summed E-state index contributed by atoms with van der Waals surface area (Å²) in [4.78, 5) is 12.5. The first kappa shape index (κ1) is 12.1. The lowest BCUT2D eigenvalue weighted by Gasteiger charge is -2.05. The SMILES string of the molecule is Cc1cc(NC(=O)c2ccc(N)s2)ccc1Br. The van der Waals surface area contributed by atoms with Crippen LogP contribution in [0.15, 0.2) is 34.8 Å². The van der Waals surface area contributed by atoms with Gasteiger partial charge in [0.1, 0.15) is 0 Å². The van der Waals surface area contributed by atoms with Crippen LogP contribution in [0.25, 0.3) is 0 Å². The van der Waals surface area contributed by atoms with Crippen LogP contribution < -0.4 is 11.1 Å². The highest BCUT2D eigenvalue weighted by Gasteiger charge is 2.08. The van der Waals surface area contributed by atoms with Gasteiger partial charge in [-0.25, -0.2) is 0 Å². The lowest BCUT2D eigenvalue weighted by atomic mass is 10.2. The molecule has 1 amide bonds. The molecule has 0 saturated carbocycles. The molecule has 0 fully saturated rings. The largest absolute Gasteiger partial charge is 0.391 e. The van der Waals surface area contributed by atoms with Gasteiger partial charge in [0.25, 0.3) is 5.91 Å². The first-order chi connectivity index (χ1) is 8.06. The Kier molecular flexibility index (Phi) is 3.49. The zero-order valence-electron chi connectivity index (χ0n) is 9.16. The van der Waals surface area contributed by atoms with Crippen LogP contribution >= 0.6 is 27.3 Å². The number of rotatable bonds is 2. The molecule has 0 spiro atoms. The number of nitrogen functional groups attached to an aromatic ring is 1. The predicted molar refractivity (Wildman–Crippen MR) is 75.6 cm³/mol. The second-order valence-electron chi connectivity index (χ2n) is 3.62. The van der Waals surface area contributed by atoms with Crippen molar-refractivity contribution in [2.75, 3.05) is 11.1 Å². The molecule has 3 nitrogen and oxygen atoms in total. The molecule has 0 aliphatic carbocycles. The molecule has 2 aromatic rings. The molecule has 0 aliphatic rings. The van der Waals surface area contributed by atoms with Crippen molar-refractivity contribution in [3.63, 3.8) is 0 Å². The number of hydrogen-bond acceptors (Lipinski definition) is 3. The summed E-state index contributed by atoms with van der Waals surface area (Å²) in [5.41, 5.74) is 7.44. The van der Waals surface area contributed by atoms with Gasteiger partial charge in [-0.15, -0.1) is 11.3 Å². The molecule has 1 heterocycles. The third-order valence-electron chi connectivity index (χ3n) is 2.27. The minimum absolute atomic E-state index is 0.131. The zero-order chi connectivity index (χ0) is 12.4. The molecule has 0 aliphatic heterocycles. The molecule has 1 aromatic carbocycles. The first-order valence-corrected chi connectivity index (χ1v) is 6.60. The molecule has 3 N–H and O–H groups in total. The fourth-order valence-electron chi connectivity index (χ4n) is 1.39. The smallest absolute Gasteiger partial charge is 0.265 e. The minimum Gasteiger partial charge on any atom is -0.391 e. The van der Waals surface area contributed by atoms with Crippen molar-refractivity contribution in [3.8, 4) is 0 Å². The third-order valence-corrected chi connectivity index (χ3v) is 4.07. The van der Waals surface area contributed by atoms with Gasteiger partial charge >= 0.3 is 0 Å². The standard InChI is InChI=1S/C12H11BrN2OS/c1-7-6-8(2-3-9(7)13)15-12(16)10-4-5-11(14)17-10/h2-6H,14H2,1H3,(H,15,16). The summed E-state index contributed by atoms with van der Waals surface area (Å²) < 4.78 is 1.02. The number of benzene rings is 1. The van der Waals surface area contributed by atoms with Gasteiger partial charge in [-0.3, -0.25) is 4.79 Å². The fourth-order valence-corrected chi connectivity index (χ4v) is 2.31. The van der Waals surface area contributed by atoms with Crippen LogP contribution in [0.5, 0.6) is 0 Å². The zero-order valence-corrected chi connectivity index (χ0v) is 11.6. The number of carbonyl (C=O) groups is 1.